The van der Waals surface area contributed by atoms with E-state index in [2.05, 4.69) is 52.7 Å². The third-order valence-electron chi connectivity index (χ3n) is 4.47. The maximum atomic E-state index is 9.49. The third-order valence-corrected chi connectivity index (χ3v) is 4.47. The normalized spacial score (nSPS) is 15.1. The minimum atomic E-state index is 0.750. The number of benzene rings is 2. The van der Waals surface area contributed by atoms with Gasteiger partial charge in [-0.2, -0.15) is 5.26 Å². The Hall–Kier alpha value is -2.57. The molecule has 0 bridgehead atoms. The lowest BCUT2D eigenvalue weighted by atomic mass is 10.1. The van der Waals surface area contributed by atoms with Crippen molar-refractivity contribution in [3.63, 3.8) is 0 Å². The zero-order valence-electron chi connectivity index (χ0n) is 13.9. The number of rotatable bonds is 6. The average molecular weight is 317 g/mol. The fourth-order valence-electron chi connectivity index (χ4n) is 3.04. The van der Waals surface area contributed by atoms with Crippen molar-refractivity contribution in [2.75, 3.05) is 19.6 Å². The Morgan fingerprint density at radius 2 is 1.62 bits per heavy atom. The van der Waals surface area contributed by atoms with Gasteiger partial charge in [-0.3, -0.25) is 4.90 Å². The first kappa shape index (κ1) is 16.3. The summed E-state index contributed by atoms with van der Waals surface area (Å²) in [4.78, 5) is 2.37. The van der Waals surface area contributed by atoms with Crippen molar-refractivity contribution in [2.45, 2.75) is 19.4 Å². The molecule has 0 saturated heterocycles. The minimum absolute atomic E-state index is 0.750. The van der Waals surface area contributed by atoms with Crippen LogP contribution in [0.4, 0.5) is 0 Å². The SMILES string of the molecule is N#CC1=C(NCc2ccccc2)CCN(CCc2ccccc2)C1. The second-order valence-corrected chi connectivity index (χ2v) is 6.17. The molecule has 1 aliphatic heterocycles. The molecule has 1 aliphatic rings. The van der Waals surface area contributed by atoms with E-state index < -0.39 is 0 Å². The first-order valence-electron chi connectivity index (χ1n) is 8.51. The lowest BCUT2D eigenvalue weighted by Gasteiger charge is -2.29. The molecular weight excluding hydrogens is 294 g/mol. The van der Waals surface area contributed by atoms with Crippen molar-refractivity contribution >= 4 is 0 Å². The van der Waals surface area contributed by atoms with Gasteiger partial charge in [0.2, 0.25) is 0 Å². The summed E-state index contributed by atoms with van der Waals surface area (Å²) in [5, 5.41) is 13.0. The van der Waals surface area contributed by atoms with E-state index >= 15 is 0 Å². The number of hydrogen-bond donors (Lipinski definition) is 1. The summed E-state index contributed by atoms with van der Waals surface area (Å²) < 4.78 is 0. The highest BCUT2D eigenvalue weighted by atomic mass is 15.1. The highest BCUT2D eigenvalue weighted by Gasteiger charge is 2.18. The highest BCUT2D eigenvalue weighted by molar-refractivity contribution is 5.31. The molecule has 2 aromatic carbocycles. The Balaban J connectivity index is 1.55. The van der Waals surface area contributed by atoms with Crippen LogP contribution in [0.15, 0.2) is 71.9 Å². The quantitative estimate of drug-likeness (QED) is 0.886. The molecule has 0 aliphatic carbocycles. The van der Waals surface area contributed by atoms with Gasteiger partial charge in [-0.15, -0.1) is 0 Å². The molecule has 0 amide bonds. The zero-order chi connectivity index (χ0) is 16.6. The summed E-state index contributed by atoms with van der Waals surface area (Å²) in [5.74, 6) is 0. The van der Waals surface area contributed by atoms with Gasteiger partial charge in [0.25, 0.3) is 0 Å². The summed E-state index contributed by atoms with van der Waals surface area (Å²) >= 11 is 0. The van der Waals surface area contributed by atoms with E-state index in [0.717, 1.165) is 50.3 Å². The number of nitrogens with zero attached hydrogens (tertiary/aromatic N) is 2. The van der Waals surface area contributed by atoms with E-state index in [1.165, 1.54) is 11.1 Å². The van der Waals surface area contributed by atoms with Crippen LogP contribution < -0.4 is 5.32 Å². The van der Waals surface area contributed by atoms with Crippen LogP contribution in [0.25, 0.3) is 0 Å². The van der Waals surface area contributed by atoms with Crippen molar-refractivity contribution in [1.29, 1.82) is 5.26 Å². The van der Waals surface area contributed by atoms with E-state index in [1.54, 1.807) is 0 Å². The summed E-state index contributed by atoms with van der Waals surface area (Å²) in [6, 6.07) is 23.3. The summed E-state index contributed by atoms with van der Waals surface area (Å²) in [7, 11) is 0. The molecule has 0 fully saturated rings. The molecule has 24 heavy (non-hydrogen) atoms. The molecule has 0 unspecified atom stereocenters. The molecule has 0 atom stereocenters. The Morgan fingerprint density at radius 1 is 0.958 bits per heavy atom. The monoisotopic (exact) mass is 317 g/mol. The van der Waals surface area contributed by atoms with E-state index in [0.29, 0.717) is 0 Å². The Kier molecular flexibility index (Phi) is 5.65. The van der Waals surface area contributed by atoms with E-state index in [1.807, 2.05) is 24.3 Å². The number of hydrogen-bond acceptors (Lipinski definition) is 3. The fraction of sp³-hybridized carbons (Fsp3) is 0.286. The molecule has 122 valence electrons. The molecule has 0 saturated carbocycles. The molecule has 1 N–H and O–H groups in total. The number of nitriles is 1. The van der Waals surface area contributed by atoms with Gasteiger partial charge in [-0.1, -0.05) is 60.7 Å². The smallest absolute Gasteiger partial charge is 0.0979 e. The third kappa shape index (κ3) is 4.47. The molecule has 0 aromatic heterocycles. The van der Waals surface area contributed by atoms with Crippen molar-refractivity contribution in [1.82, 2.24) is 10.2 Å². The second-order valence-electron chi connectivity index (χ2n) is 6.17. The summed E-state index contributed by atoms with van der Waals surface area (Å²) in [6.45, 7) is 3.54. The first-order chi connectivity index (χ1) is 11.8. The van der Waals surface area contributed by atoms with Crippen molar-refractivity contribution in [2.24, 2.45) is 0 Å². The van der Waals surface area contributed by atoms with Gasteiger partial charge in [0, 0.05) is 38.3 Å². The van der Waals surface area contributed by atoms with Crippen LogP contribution >= 0.6 is 0 Å². The van der Waals surface area contributed by atoms with E-state index in [9.17, 15) is 5.26 Å². The lowest BCUT2D eigenvalue weighted by molar-refractivity contribution is 0.287. The Bertz CT molecular complexity index is 714. The van der Waals surface area contributed by atoms with Crippen molar-refractivity contribution in [3.8, 4) is 6.07 Å². The van der Waals surface area contributed by atoms with Gasteiger partial charge >= 0.3 is 0 Å². The Labute approximate surface area is 144 Å². The van der Waals surface area contributed by atoms with Crippen LogP contribution in [0.3, 0.4) is 0 Å². The van der Waals surface area contributed by atoms with Crippen LogP contribution in [0.5, 0.6) is 0 Å². The average Bonchev–Trinajstić information content (AvgIpc) is 2.66. The van der Waals surface area contributed by atoms with Crippen LogP contribution in [-0.2, 0) is 13.0 Å². The topological polar surface area (TPSA) is 39.1 Å². The van der Waals surface area contributed by atoms with Gasteiger partial charge in [0.1, 0.15) is 0 Å². The molecule has 3 heteroatoms. The van der Waals surface area contributed by atoms with E-state index in [4.69, 9.17) is 0 Å². The predicted molar refractivity (Wildman–Crippen MR) is 97.1 cm³/mol. The maximum absolute atomic E-state index is 9.49. The zero-order valence-corrected chi connectivity index (χ0v) is 13.9. The van der Waals surface area contributed by atoms with E-state index in [-0.39, 0.29) is 0 Å². The highest BCUT2D eigenvalue weighted by Crippen LogP contribution is 2.16. The maximum Gasteiger partial charge on any atom is 0.0979 e. The fourth-order valence-corrected chi connectivity index (χ4v) is 3.04. The van der Waals surface area contributed by atoms with Crippen molar-refractivity contribution in [3.05, 3.63) is 83.1 Å². The molecule has 3 rings (SSSR count). The molecule has 2 aromatic rings. The molecular formula is C21H23N3. The Morgan fingerprint density at radius 3 is 2.29 bits per heavy atom. The second kappa shape index (κ2) is 8.33. The standard InChI is InChI=1S/C21H23N3/c22-15-20-17-24(13-11-18-7-3-1-4-8-18)14-12-21(20)23-16-19-9-5-2-6-10-19/h1-10,23H,11-14,16-17H2. The van der Waals surface area contributed by atoms with Crippen LogP contribution in [0, 0.1) is 11.3 Å². The lowest BCUT2D eigenvalue weighted by Crippen LogP contribution is -2.36. The molecule has 1 heterocycles. The van der Waals surface area contributed by atoms with Crippen LogP contribution in [0.1, 0.15) is 17.5 Å². The van der Waals surface area contributed by atoms with Crippen LogP contribution in [0.2, 0.25) is 0 Å². The first-order valence-corrected chi connectivity index (χ1v) is 8.51. The van der Waals surface area contributed by atoms with Gasteiger partial charge < -0.3 is 5.32 Å². The van der Waals surface area contributed by atoms with Gasteiger partial charge in [-0.25, -0.2) is 0 Å². The van der Waals surface area contributed by atoms with Gasteiger partial charge in [-0.05, 0) is 17.5 Å². The predicted octanol–water partition coefficient (Wildman–Crippen LogP) is 3.50. The van der Waals surface area contributed by atoms with Crippen LogP contribution in [-0.4, -0.2) is 24.5 Å². The summed E-state index contributed by atoms with van der Waals surface area (Å²) in [6.07, 6.45) is 1.96. The largest absolute Gasteiger partial charge is 0.383 e. The van der Waals surface area contributed by atoms with Crippen molar-refractivity contribution < 1.29 is 0 Å². The number of nitrogens with one attached hydrogen (secondary N) is 1. The summed E-state index contributed by atoms with van der Waals surface area (Å²) in [5.41, 5.74) is 4.59. The van der Waals surface area contributed by atoms with Gasteiger partial charge in [0.15, 0.2) is 0 Å². The molecule has 3 nitrogen and oxygen atoms in total. The molecule has 0 spiro atoms. The van der Waals surface area contributed by atoms with Gasteiger partial charge in [0.05, 0.1) is 11.6 Å². The minimum Gasteiger partial charge on any atom is -0.383 e. The molecule has 0 radical (unpaired) electrons.